The molecule has 2 N–H and O–H groups in total. The molecule has 0 heterocycles. The average Bonchev–Trinajstić information content (AvgIpc) is 2.35. The number of rotatable bonds is 6. The molecular weight excluding hydrogens is 304 g/mol. The van der Waals surface area contributed by atoms with Gasteiger partial charge in [-0.1, -0.05) is 0 Å². The third kappa shape index (κ3) is 14.8. The Hall–Kier alpha value is -1.43. The minimum Gasteiger partial charge on any atom is -0.550 e. The van der Waals surface area contributed by atoms with Gasteiger partial charge in [0.2, 0.25) is 0 Å². The Morgan fingerprint density at radius 1 is 0.857 bits per heavy atom. The van der Waals surface area contributed by atoms with E-state index in [2.05, 4.69) is 9.47 Å². The van der Waals surface area contributed by atoms with Gasteiger partial charge in [0.15, 0.2) is 12.2 Å². The van der Waals surface area contributed by atoms with Crippen LogP contribution in [0, 0.1) is 0 Å². The van der Waals surface area contributed by atoms with Crippen LogP contribution in [0.4, 0.5) is 0 Å². The van der Waals surface area contributed by atoms with Crippen molar-refractivity contribution < 1.29 is 49.1 Å². The van der Waals surface area contributed by atoms with Crippen LogP contribution < -0.4 is 10.2 Å². The van der Waals surface area contributed by atoms with Gasteiger partial charge in [-0.2, -0.15) is 0 Å². The van der Waals surface area contributed by atoms with Crippen LogP contribution in [0.1, 0.15) is 12.8 Å². The Bertz CT molecular complexity index is 322. The summed E-state index contributed by atoms with van der Waals surface area (Å²) < 4.78 is 8.07. The van der Waals surface area contributed by atoms with E-state index in [-0.39, 0.29) is 23.1 Å². The van der Waals surface area contributed by atoms with Gasteiger partial charge in [0.05, 0.1) is 14.2 Å². The van der Waals surface area contributed by atoms with Gasteiger partial charge in [0.25, 0.3) is 0 Å². The zero-order chi connectivity index (χ0) is 16.3. The molecule has 0 amide bonds. The summed E-state index contributed by atoms with van der Waals surface area (Å²) in [5.74, 6) is -4.91. The molecule has 0 radical (unpaired) electrons. The molecule has 0 aromatic carbocycles. The fourth-order valence-corrected chi connectivity index (χ4v) is 0.754. The molecule has 0 spiro atoms. The van der Waals surface area contributed by atoms with Crippen LogP contribution in [0.2, 0.25) is 0 Å². The fraction of sp³-hybridized carbons (Fsp3) is 0.600. The standard InChI is InChI=1S/2C5H8O5.Mg/c2*1-10-5(9)3(6)2-4(7)8;/h2*3,6H,2H2,1H3,(H,7,8);/q;;+2/p-2. The molecule has 0 aliphatic rings. The zero-order valence-corrected chi connectivity index (χ0v) is 12.9. The number of methoxy groups -OCH3 is 2. The van der Waals surface area contributed by atoms with E-state index in [4.69, 9.17) is 10.2 Å². The van der Waals surface area contributed by atoms with E-state index in [0.717, 1.165) is 14.2 Å². The molecule has 21 heavy (non-hydrogen) atoms. The van der Waals surface area contributed by atoms with Crippen LogP contribution in [0.3, 0.4) is 0 Å². The molecule has 0 fully saturated rings. The summed E-state index contributed by atoms with van der Waals surface area (Å²) in [5, 5.41) is 36.7. The fourth-order valence-electron chi connectivity index (χ4n) is 0.754. The first-order chi connectivity index (χ1) is 9.15. The number of carbonyl (C=O) groups is 4. The number of esters is 2. The molecular formula is C10H14MgO10. The number of hydrogen-bond donors (Lipinski definition) is 2. The summed E-state index contributed by atoms with van der Waals surface area (Å²) in [6.45, 7) is 0. The van der Waals surface area contributed by atoms with Crippen molar-refractivity contribution in [3.05, 3.63) is 0 Å². The second-order valence-corrected chi connectivity index (χ2v) is 3.23. The molecule has 2 unspecified atom stereocenters. The van der Waals surface area contributed by atoms with Gasteiger partial charge in [0, 0.05) is 24.8 Å². The first-order valence-corrected chi connectivity index (χ1v) is 5.07. The number of carboxylic acid groups (broad SMARTS) is 2. The molecule has 0 bridgehead atoms. The molecule has 116 valence electrons. The summed E-state index contributed by atoms with van der Waals surface area (Å²) in [5.41, 5.74) is 0. The molecule has 0 saturated carbocycles. The molecule has 0 aliphatic carbocycles. The SMILES string of the molecule is COC(=O)C(O)CC(=O)[O-].COC(=O)C(O)CC(=O)[O-].[Mg+2]. The summed E-state index contributed by atoms with van der Waals surface area (Å²) in [6, 6.07) is 0. The topological polar surface area (TPSA) is 173 Å². The molecule has 10 nitrogen and oxygen atoms in total. The van der Waals surface area contributed by atoms with Crippen molar-refractivity contribution in [1.82, 2.24) is 0 Å². The van der Waals surface area contributed by atoms with E-state index in [1.807, 2.05) is 0 Å². The van der Waals surface area contributed by atoms with Crippen LogP contribution in [0.25, 0.3) is 0 Å². The number of carboxylic acids is 2. The van der Waals surface area contributed by atoms with E-state index in [1.165, 1.54) is 0 Å². The number of hydrogen-bond acceptors (Lipinski definition) is 10. The third-order valence-corrected chi connectivity index (χ3v) is 1.67. The maximum absolute atomic E-state index is 10.3. The second kappa shape index (κ2) is 13.5. The van der Waals surface area contributed by atoms with Crippen LogP contribution in [-0.4, -0.2) is 83.6 Å². The first kappa shape index (κ1) is 24.6. The van der Waals surface area contributed by atoms with Crippen LogP contribution in [0.15, 0.2) is 0 Å². The van der Waals surface area contributed by atoms with Gasteiger partial charge in [-0.3, -0.25) is 0 Å². The van der Waals surface area contributed by atoms with Crippen LogP contribution in [0.5, 0.6) is 0 Å². The van der Waals surface area contributed by atoms with Crippen molar-refractivity contribution >= 4 is 46.9 Å². The number of aliphatic carboxylic acids is 2. The molecule has 0 aromatic rings. The van der Waals surface area contributed by atoms with Crippen molar-refractivity contribution in [2.24, 2.45) is 0 Å². The van der Waals surface area contributed by atoms with Crippen molar-refractivity contribution in [3.8, 4) is 0 Å². The summed E-state index contributed by atoms with van der Waals surface area (Å²) >= 11 is 0. The van der Waals surface area contributed by atoms with E-state index in [9.17, 15) is 29.4 Å². The molecule has 0 saturated heterocycles. The third-order valence-electron chi connectivity index (χ3n) is 1.67. The smallest absolute Gasteiger partial charge is 0.550 e. The maximum atomic E-state index is 10.3. The Kier molecular flexibility index (Phi) is 15.9. The molecule has 11 heteroatoms. The quantitative estimate of drug-likeness (QED) is 0.356. The molecule has 0 rings (SSSR count). The molecule has 0 aliphatic heterocycles. The first-order valence-electron chi connectivity index (χ1n) is 5.07. The van der Waals surface area contributed by atoms with E-state index in [1.54, 1.807) is 0 Å². The minimum atomic E-state index is -1.62. The Balaban J connectivity index is -0.000000295. The number of ether oxygens (including phenoxy) is 2. The Morgan fingerprint density at radius 3 is 1.24 bits per heavy atom. The Morgan fingerprint density at radius 2 is 1.10 bits per heavy atom. The van der Waals surface area contributed by atoms with Crippen LogP contribution >= 0.6 is 0 Å². The predicted octanol–water partition coefficient (Wildman–Crippen LogP) is -5.06. The summed E-state index contributed by atoms with van der Waals surface area (Å²) in [4.78, 5) is 40.1. The van der Waals surface area contributed by atoms with Crippen molar-refractivity contribution in [3.63, 3.8) is 0 Å². The molecule has 2 atom stereocenters. The van der Waals surface area contributed by atoms with Crippen molar-refractivity contribution in [1.29, 1.82) is 0 Å². The normalized spacial score (nSPS) is 11.6. The number of carbonyl (C=O) groups excluding carboxylic acids is 4. The summed E-state index contributed by atoms with van der Waals surface area (Å²) in [7, 11) is 2.11. The average molecular weight is 319 g/mol. The second-order valence-electron chi connectivity index (χ2n) is 3.23. The van der Waals surface area contributed by atoms with Crippen LogP contribution in [-0.2, 0) is 28.7 Å². The maximum Gasteiger partial charge on any atom is 2.00 e. The minimum absolute atomic E-state index is 0. The summed E-state index contributed by atoms with van der Waals surface area (Å²) in [6.07, 6.45) is -4.69. The van der Waals surface area contributed by atoms with Gasteiger partial charge < -0.3 is 39.5 Å². The predicted molar refractivity (Wildman–Crippen MR) is 61.0 cm³/mol. The zero-order valence-electron chi connectivity index (χ0n) is 11.4. The van der Waals surface area contributed by atoms with Crippen molar-refractivity contribution in [2.75, 3.05) is 14.2 Å². The monoisotopic (exact) mass is 318 g/mol. The van der Waals surface area contributed by atoms with Gasteiger partial charge >= 0.3 is 35.0 Å². The van der Waals surface area contributed by atoms with Gasteiger partial charge in [-0.15, -0.1) is 0 Å². The van der Waals surface area contributed by atoms with E-state index < -0.39 is 48.9 Å². The van der Waals surface area contributed by atoms with Gasteiger partial charge in [0.1, 0.15) is 0 Å². The number of aliphatic hydroxyl groups is 2. The van der Waals surface area contributed by atoms with Gasteiger partial charge in [-0.25, -0.2) is 9.59 Å². The van der Waals surface area contributed by atoms with E-state index in [0.29, 0.717) is 0 Å². The Labute approximate surface area is 135 Å². The van der Waals surface area contributed by atoms with Gasteiger partial charge in [-0.05, 0) is 0 Å². The molecule has 0 aromatic heterocycles. The van der Waals surface area contributed by atoms with Crippen molar-refractivity contribution in [2.45, 2.75) is 25.0 Å². The number of aliphatic hydroxyl groups excluding tert-OH is 2. The van der Waals surface area contributed by atoms with E-state index >= 15 is 0 Å². The largest absolute Gasteiger partial charge is 2.00 e.